The predicted octanol–water partition coefficient (Wildman–Crippen LogP) is 2.25. The van der Waals surface area contributed by atoms with E-state index in [-0.39, 0.29) is 5.91 Å². The van der Waals surface area contributed by atoms with Crippen molar-refractivity contribution in [2.24, 2.45) is 0 Å². The molecule has 4 heterocycles. The Morgan fingerprint density at radius 1 is 1.04 bits per heavy atom. The molecule has 1 fully saturated rings. The minimum Gasteiger partial charge on any atom is -0.371 e. The van der Waals surface area contributed by atoms with Gasteiger partial charge in [-0.25, -0.2) is 9.67 Å². The van der Waals surface area contributed by atoms with E-state index in [1.54, 1.807) is 4.90 Å². The zero-order valence-electron chi connectivity index (χ0n) is 14.6. The van der Waals surface area contributed by atoms with Crippen LogP contribution in [0.25, 0.3) is 5.69 Å². The highest BCUT2D eigenvalue weighted by Gasteiger charge is 2.23. The van der Waals surface area contributed by atoms with Gasteiger partial charge in [-0.2, -0.15) is 5.10 Å². The summed E-state index contributed by atoms with van der Waals surface area (Å²) in [5.41, 5.74) is 4.76. The molecule has 0 saturated carbocycles. The van der Waals surface area contributed by atoms with E-state index in [9.17, 15) is 4.79 Å². The lowest BCUT2D eigenvalue weighted by Crippen LogP contribution is -2.26. The predicted molar refractivity (Wildman–Crippen MR) is 99.2 cm³/mol. The third-order valence-corrected chi connectivity index (χ3v) is 5.39. The number of rotatable bonds is 3. The Labute approximate surface area is 152 Å². The first-order valence-electron chi connectivity index (χ1n) is 9.25. The molecule has 0 N–H and O–H groups in total. The molecule has 0 atom stereocenters. The van der Waals surface area contributed by atoms with Gasteiger partial charge in [-0.1, -0.05) is 6.08 Å². The molecule has 0 unspecified atom stereocenters. The largest absolute Gasteiger partial charge is 0.371 e. The van der Waals surface area contributed by atoms with E-state index in [1.807, 2.05) is 23.0 Å². The van der Waals surface area contributed by atoms with Crippen LogP contribution in [0.4, 0.5) is 5.82 Å². The Kier molecular flexibility index (Phi) is 3.62. The summed E-state index contributed by atoms with van der Waals surface area (Å²) >= 11 is 0. The van der Waals surface area contributed by atoms with Gasteiger partial charge in [0.25, 0.3) is 0 Å². The molecule has 0 spiro atoms. The van der Waals surface area contributed by atoms with Crippen LogP contribution >= 0.6 is 0 Å². The van der Waals surface area contributed by atoms with Crippen LogP contribution in [0.5, 0.6) is 0 Å². The first-order chi connectivity index (χ1) is 12.8. The van der Waals surface area contributed by atoms with Crippen molar-refractivity contribution in [3.8, 4) is 5.69 Å². The number of pyridine rings is 1. The maximum absolute atomic E-state index is 11.9. The molecule has 6 heteroatoms. The fourth-order valence-electron chi connectivity index (χ4n) is 3.82. The van der Waals surface area contributed by atoms with Crippen molar-refractivity contribution in [1.29, 1.82) is 0 Å². The number of carbonyl (C=O) groups is 1. The summed E-state index contributed by atoms with van der Waals surface area (Å²) in [5, 5.41) is 4.79. The van der Waals surface area contributed by atoms with Gasteiger partial charge in [-0.15, -0.1) is 0 Å². The summed E-state index contributed by atoms with van der Waals surface area (Å²) in [6.07, 6.45) is 13.9. The highest BCUT2D eigenvalue weighted by atomic mass is 16.2. The third kappa shape index (κ3) is 2.62. The molecule has 0 radical (unpaired) electrons. The molecule has 5 rings (SSSR count). The van der Waals surface area contributed by atoms with Crippen molar-refractivity contribution in [3.05, 3.63) is 59.7 Å². The number of hydrogen-bond acceptors (Lipinski definition) is 4. The molecule has 132 valence electrons. The SMILES string of the molecule is O=C1CCCN1c1ccc(-n2cc3c(n2)CCN(C2=CC=C2)CC3)cn1. The molecule has 0 aromatic carbocycles. The lowest BCUT2D eigenvalue weighted by atomic mass is 10.2. The van der Waals surface area contributed by atoms with Gasteiger partial charge in [0.15, 0.2) is 0 Å². The van der Waals surface area contributed by atoms with Crippen LogP contribution in [0.3, 0.4) is 0 Å². The van der Waals surface area contributed by atoms with Crippen LogP contribution < -0.4 is 4.90 Å². The first kappa shape index (κ1) is 15.4. The van der Waals surface area contributed by atoms with Crippen LogP contribution in [0.15, 0.2) is 48.5 Å². The van der Waals surface area contributed by atoms with Crippen molar-refractivity contribution < 1.29 is 4.79 Å². The maximum atomic E-state index is 11.9. The zero-order chi connectivity index (χ0) is 17.5. The van der Waals surface area contributed by atoms with Gasteiger partial charge >= 0.3 is 0 Å². The van der Waals surface area contributed by atoms with Crippen molar-refractivity contribution in [2.45, 2.75) is 25.7 Å². The summed E-state index contributed by atoms with van der Waals surface area (Å²) in [5.74, 6) is 0.902. The fraction of sp³-hybridized carbons (Fsp3) is 0.350. The van der Waals surface area contributed by atoms with Gasteiger partial charge in [-0.05, 0) is 42.7 Å². The standard InChI is InChI=1S/C20H21N5O/c26-20-5-2-10-24(20)19-7-6-17(13-21-19)25-14-15-8-11-23(16-3-1-4-16)12-9-18(15)22-25/h1,3-4,6-7,13-14H,2,5,8-12H2. The number of hydrogen-bond donors (Lipinski definition) is 0. The third-order valence-electron chi connectivity index (χ3n) is 5.39. The van der Waals surface area contributed by atoms with E-state index >= 15 is 0 Å². The minimum atomic E-state index is 0.164. The molecular formula is C20H21N5O. The van der Waals surface area contributed by atoms with E-state index in [1.165, 1.54) is 17.0 Å². The molecule has 26 heavy (non-hydrogen) atoms. The van der Waals surface area contributed by atoms with E-state index in [2.05, 4.69) is 34.3 Å². The van der Waals surface area contributed by atoms with Crippen LogP contribution in [0.1, 0.15) is 24.1 Å². The summed E-state index contributed by atoms with van der Waals surface area (Å²) < 4.78 is 1.92. The number of amides is 1. The maximum Gasteiger partial charge on any atom is 0.228 e. The number of allylic oxidation sites excluding steroid dienone is 3. The Morgan fingerprint density at radius 2 is 1.92 bits per heavy atom. The van der Waals surface area contributed by atoms with Crippen LogP contribution in [0.2, 0.25) is 0 Å². The van der Waals surface area contributed by atoms with Gasteiger partial charge < -0.3 is 4.90 Å². The Hall–Kier alpha value is -2.89. The smallest absolute Gasteiger partial charge is 0.228 e. The molecule has 0 bridgehead atoms. The number of fused-ring (bicyclic) bond motifs is 1. The number of carbonyl (C=O) groups excluding carboxylic acids is 1. The van der Waals surface area contributed by atoms with Gasteiger partial charge in [0.1, 0.15) is 5.82 Å². The molecule has 2 aromatic rings. The molecule has 3 aliphatic rings. The second kappa shape index (κ2) is 6.12. The van der Waals surface area contributed by atoms with Gasteiger partial charge in [-0.3, -0.25) is 9.69 Å². The monoisotopic (exact) mass is 347 g/mol. The quantitative estimate of drug-likeness (QED) is 0.855. The zero-order valence-corrected chi connectivity index (χ0v) is 14.6. The fourth-order valence-corrected chi connectivity index (χ4v) is 3.82. The molecule has 2 aliphatic heterocycles. The average molecular weight is 347 g/mol. The molecular weight excluding hydrogens is 326 g/mol. The minimum absolute atomic E-state index is 0.164. The summed E-state index contributed by atoms with van der Waals surface area (Å²) in [4.78, 5) is 20.5. The van der Waals surface area contributed by atoms with Gasteiger partial charge in [0.05, 0.1) is 17.6 Å². The van der Waals surface area contributed by atoms with E-state index < -0.39 is 0 Å². The summed E-state index contributed by atoms with van der Waals surface area (Å²) in [6, 6.07) is 3.92. The first-order valence-corrected chi connectivity index (χ1v) is 9.25. The highest BCUT2D eigenvalue weighted by molar-refractivity contribution is 5.94. The van der Waals surface area contributed by atoms with E-state index in [4.69, 9.17) is 5.10 Å². The van der Waals surface area contributed by atoms with Gasteiger partial charge in [0.2, 0.25) is 5.91 Å². The Bertz CT molecular complexity index is 883. The highest BCUT2D eigenvalue weighted by Crippen LogP contribution is 2.23. The summed E-state index contributed by atoms with van der Waals surface area (Å²) in [7, 11) is 0. The second-order valence-corrected chi connectivity index (χ2v) is 7.01. The van der Waals surface area contributed by atoms with Crippen LogP contribution in [-0.2, 0) is 17.6 Å². The molecule has 1 aliphatic carbocycles. The van der Waals surface area contributed by atoms with Crippen LogP contribution in [-0.4, -0.2) is 45.2 Å². The molecule has 2 aromatic heterocycles. The number of anilines is 1. The molecule has 6 nitrogen and oxygen atoms in total. The number of nitrogens with zero attached hydrogens (tertiary/aromatic N) is 5. The summed E-state index contributed by atoms with van der Waals surface area (Å²) in [6.45, 7) is 2.81. The lowest BCUT2D eigenvalue weighted by Gasteiger charge is -2.26. The number of aromatic nitrogens is 3. The van der Waals surface area contributed by atoms with Crippen molar-refractivity contribution in [2.75, 3.05) is 24.5 Å². The van der Waals surface area contributed by atoms with E-state index in [0.717, 1.165) is 50.4 Å². The van der Waals surface area contributed by atoms with Crippen molar-refractivity contribution in [1.82, 2.24) is 19.7 Å². The van der Waals surface area contributed by atoms with E-state index in [0.29, 0.717) is 6.42 Å². The lowest BCUT2D eigenvalue weighted by molar-refractivity contribution is -0.117. The molecule has 1 saturated heterocycles. The topological polar surface area (TPSA) is 54.3 Å². The Morgan fingerprint density at radius 3 is 2.62 bits per heavy atom. The average Bonchev–Trinajstić information content (AvgIpc) is 3.17. The van der Waals surface area contributed by atoms with Crippen molar-refractivity contribution in [3.63, 3.8) is 0 Å². The van der Waals surface area contributed by atoms with Crippen molar-refractivity contribution >= 4 is 11.7 Å². The Balaban J connectivity index is 1.33. The molecule has 1 amide bonds. The van der Waals surface area contributed by atoms with Crippen LogP contribution in [0, 0.1) is 0 Å². The second-order valence-electron chi connectivity index (χ2n) is 7.01. The normalized spacial score (nSPS) is 19.2. The van der Waals surface area contributed by atoms with Gasteiger partial charge in [0, 0.05) is 44.4 Å².